The molecule has 0 radical (unpaired) electrons. The lowest BCUT2D eigenvalue weighted by molar-refractivity contribution is 0.837. The molecule has 0 spiro atoms. The average Bonchev–Trinajstić information content (AvgIpc) is 2.64. The van der Waals surface area contributed by atoms with Gasteiger partial charge < -0.3 is 5.73 Å². The minimum atomic E-state index is 0.721. The molecule has 3 heteroatoms. The van der Waals surface area contributed by atoms with E-state index in [4.69, 9.17) is 5.73 Å². The molecule has 0 saturated heterocycles. The van der Waals surface area contributed by atoms with Crippen LogP contribution < -0.4 is 5.73 Å². The van der Waals surface area contributed by atoms with Gasteiger partial charge >= 0.3 is 0 Å². The van der Waals surface area contributed by atoms with Crippen LogP contribution in [0.1, 0.15) is 23.4 Å². The van der Waals surface area contributed by atoms with Crippen molar-refractivity contribution < 1.29 is 0 Å². The first-order valence-corrected chi connectivity index (χ1v) is 4.79. The average molecular weight is 168 g/mol. The van der Waals surface area contributed by atoms with Crippen molar-refractivity contribution in [3.63, 3.8) is 0 Å². The SMILES string of the molecule is Cc1nc(N)sc1CC1CC1. The van der Waals surface area contributed by atoms with Gasteiger partial charge in [-0.15, -0.1) is 11.3 Å². The van der Waals surface area contributed by atoms with Crippen LogP contribution in [0.15, 0.2) is 0 Å². The van der Waals surface area contributed by atoms with Crippen LogP contribution >= 0.6 is 11.3 Å². The molecule has 1 saturated carbocycles. The molecule has 1 aromatic rings. The Labute approximate surface area is 70.5 Å². The third-order valence-electron chi connectivity index (χ3n) is 2.08. The highest BCUT2D eigenvalue weighted by Crippen LogP contribution is 2.35. The van der Waals surface area contributed by atoms with E-state index in [2.05, 4.69) is 4.98 Å². The summed E-state index contributed by atoms with van der Waals surface area (Å²) in [7, 11) is 0. The molecule has 0 atom stereocenters. The Hall–Kier alpha value is -0.570. The molecule has 1 aliphatic rings. The first kappa shape index (κ1) is 7.10. The van der Waals surface area contributed by atoms with Crippen LogP contribution in [0.2, 0.25) is 0 Å². The lowest BCUT2D eigenvalue weighted by atomic mass is 10.2. The molecular formula is C8H12N2S. The van der Waals surface area contributed by atoms with Crippen LogP contribution in [0.4, 0.5) is 5.13 Å². The Kier molecular flexibility index (Phi) is 1.60. The van der Waals surface area contributed by atoms with Crippen molar-refractivity contribution >= 4 is 16.5 Å². The number of anilines is 1. The molecule has 1 aliphatic carbocycles. The van der Waals surface area contributed by atoms with Crippen molar-refractivity contribution in [2.45, 2.75) is 26.2 Å². The number of aryl methyl sites for hydroxylation is 1. The monoisotopic (exact) mass is 168 g/mol. The van der Waals surface area contributed by atoms with Gasteiger partial charge in [0.1, 0.15) is 0 Å². The zero-order valence-corrected chi connectivity index (χ0v) is 7.45. The van der Waals surface area contributed by atoms with E-state index in [1.807, 2.05) is 6.92 Å². The fraction of sp³-hybridized carbons (Fsp3) is 0.625. The summed E-state index contributed by atoms with van der Waals surface area (Å²) in [6.45, 7) is 2.05. The molecule has 2 rings (SSSR count). The highest BCUT2D eigenvalue weighted by molar-refractivity contribution is 7.15. The van der Waals surface area contributed by atoms with E-state index < -0.39 is 0 Å². The number of nitrogens with two attached hydrogens (primary N) is 1. The summed E-state index contributed by atoms with van der Waals surface area (Å²) < 4.78 is 0. The maximum absolute atomic E-state index is 5.58. The number of nitrogen functional groups attached to an aromatic ring is 1. The fourth-order valence-electron chi connectivity index (χ4n) is 1.22. The van der Waals surface area contributed by atoms with Gasteiger partial charge in [-0.3, -0.25) is 0 Å². The van der Waals surface area contributed by atoms with Crippen molar-refractivity contribution in [3.8, 4) is 0 Å². The van der Waals surface area contributed by atoms with Crippen molar-refractivity contribution in [1.29, 1.82) is 0 Å². The van der Waals surface area contributed by atoms with Crippen molar-refractivity contribution in [1.82, 2.24) is 4.98 Å². The second kappa shape index (κ2) is 2.48. The van der Waals surface area contributed by atoms with Gasteiger partial charge in [-0.2, -0.15) is 0 Å². The quantitative estimate of drug-likeness (QED) is 0.733. The van der Waals surface area contributed by atoms with Crippen molar-refractivity contribution in [2.24, 2.45) is 5.92 Å². The van der Waals surface area contributed by atoms with Gasteiger partial charge in [0.05, 0.1) is 5.69 Å². The summed E-state index contributed by atoms with van der Waals surface area (Å²) >= 11 is 1.65. The van der Waals surface area contributed by atoms with Gasteiger partial charge in [0.2, 0.25) is 0 Å². The number of thiazole rings is 1. The summed E-state index contributed by atoms with van der Waals surface area (Å²) in [5, 5.41) is 0.721. The lowest BCUT2D eigenvalue weighted by Crippen LogP contribution is -1.85. The molecule has 1 heterocycles. The predicted molar refractivity (Wildman–Crippen MR) is 47.7 cm³/mol. The third-order valence-corrected chi connectivity index (χ3v) is 3.09. The molecule has 0 aromatic carbocycles. The highest BCUT2D eigenvalue weighted by Gasteiger charge is 2.23. The maximum Gasteiger partial charge on any atom is 0.180 e. The first-order chi connectivity index (χ1) is 5.25. The molecular weight excluding hydrogens is 156 g/mol. The molecule has 0 aliphatic heterocycles. The molecule has 2 N–H and O–H groups in total. The van der Waals surface area contributed by atoms with Crippen LogP contribution in [-0.4, -0.2) is 4.98 Å². The smallest absolute Gasteiger partial charge is 0.180 e. The Morgan fingerprint density at radius 3 is 2.82 bits per heavy atom. The van der Waals surface area contributed by atoms with E-state index in [0.29, 0.717) is 0 Å². The summed E-state index contributed by atoms with van der Waals surface area (Å²) in [5.74, 6) is 0.938. The van der Waals surface area contributed by atoms with Crippen LogP contribution in [0, 0.1) is 12.8 Å². The number of aromatic nitrogens is 1. The number of hydrogen-bond donors (Lipinski definition) is 1. The predicted octanol–water partition coefficient (Wildman–Crippen LogP) is 1.99. The Balaban J connectivity index is 2.14. The van der Waals surface area contributed by atoms with Crippen LogP contribution in [0.5, 0.6) is 0 Å². The minimum absolute atomic E-state index is 0.721. The zero-order chi connectivity index (χ0) is 7.84. The van der Waals surface area contributed by atoms with Crippen LogP contribution in [-0.2, 0) is 6.42 Å². The van der Waals surface area contributed by atoms with E-state index in [-0.39, 0.29) is 0 Å². The third kappa shape index (κ3) is 1.53. The van der Waals surface area contributed by atoms with E-state index in [0.717, 1.165) is 16.7 Å². The van der Waals surface area contributed by atoms with Gasteiger partial charge in [0.15, 0.2) is 5.13 Å². The Morgan fingerprint density at radius 2 is 2.36 bits per heavy atom. The summed E-state index contributed by atoms with van der Waals surface area (Å²) in [5.41, 5.74) is 6.72. The topological polar surface area (TPSA) is 38.9 Å². The molecule has 0 bridgehead atoms. The Morgan fingerprint density at radius 1 is 1.64 bits per heavy atom. The number of rotatable bonds is 2. The number of hydrogen-bond acceptors (Lipinski definition) is 3. The summed E-state index contributed by atoms with van der Waals surface area (Å²) in [4.78, 5) is 5.58. The second-order valence-corrected chi connectivity index (χ2v) is 4.32. The van der Waals surface area contributed by atoms with Gasteiger partial charge in [0.25, 0.3) is 0 Å². The van der Waals surface area contributed by atoms with Crippen molar-refractivity contribution in [2.75, 3.05) is 5.73 Å². The van der Waals surface area contributed by atoms with Gasteiger partial charge in [-0.05, 0) is 32.1 Å². The van der Waals surface area contributed by atoms with E-state index >= 15 is 0 Å². The second-order valence-electron chi connectivity index (χ2n) is 3.21. The summed E-state index contributed by atoms with van der Waals surface area (Å²) in [6, 6.07) is 0. The lowest BCUT2D eigenvalue weighted by Gasteiger charge is -1.92. The minimum Gasteiger partial charge on any atom is -0.375 e. The first-order valence-electron chi connectivity index (χ1n) is 3.97. The maximum atomic E-state index is 5.58. The standard InChI is InChI=1S/C8H12N2S/c1-5-7(4-6-2-3-6)11-8(9)10-5/h6H,2-4H2,1H3,(H2,9,10). The molecule has 0 amide bonds. The van der Waals surface area contributed by atoms with E-state index in [9.17, 15) is 0 Å². The molecule has 60 valence electrons. The normalized spacial score (nSPS) is 17.2. The van der Waals surface area contributed by atoms with Crippen LogP contribution in [0.25, 0.3) is 0 Å². The molecule has 0 unspecified atom stereocenters. The highest BCUT2D eigenvalue weighted by atomic mass is 32.1. The number of nitrogens with zero attached hydrogens (tertiary/aromatic N) is 1. The molecule has 1 aromatic heterocycles. The van der Waals surface area contributed by atoms with Gasteiger partial charge in [-0.25, -0.2) is 4.98 Å². The molecule has 11 heavy (non-hydrogen) atoms. The fourth-order valence-corrected chi connectivity index (χ4v) is 2.17. The zero-order valence-electron chi connectivity index (χ0n) is 6.63. The molecule has 1 fully saturated rings. The van der Waals surface area contributed by atoms with E-state index in [1.54, 1.807) is 11.3 Å². The molecule has 2 nitrogen and oxygen atoms in total. The largest absolute Gasteiger partial charge is 0.375 e. The summed E-state index contributed by atoms with van der Waals surface area (Å²) in [6.07, 6.45) is 4.01. The van der Waals surface area contributed by atoms with Crippen LogP contribution in [0.3, 0.4) is 0 Å². The van der Waals surface area contributed by atoms with Gasteiger partial charge in [-0.1, -0.05) is 0 Å². The van der Waals surface area contributed by atoms with Crippen molar-refractivity contribution in [3.05, 3.63) is 10.6 Å². The van der Waals surface area contributed by atoms with E-state index in [1.165, 1.54) is 24.1 Å². The Bertz CT molecular complexity index is 263. The van der Waals surface area contributed by atoms with Gasteiger partial charge in [0, 0.05) is 4.88 Å².